The van der Waals surface area contributed by atoms with Crippen molar-refractivity contribution in [3.05, 3.63) is 34.5 Å². The third-order valence-electron chi connectivity index (χ3n) is 2.37. The van der Waals surface area contributed by atoms with Gasteiger partial charge in [0.15, 0.2) is 17.2 Å². The molecular weight excluding hydrogens is 473 g/mol. The first-order valence-electron chi connectivity index (χ1n) is 9.24. The van der Waals surface area contributed by atoms with Gasteiger partial charge < -0.3 is 20.6 Å². The number of oxime groups is 1. The summed E-state index contributed by atoms with van der Waals surface area (Å²) in [5, 5.41) is 22.3. The third kappa shape index (κ3) is 29.6. The topological polar surface area (TPSA) is 126 Å². The maximum Gasteiger partial charge on any atom is 0.365 e. The van der Waals surface area contributed by atoms with Gasteiger partial charge in [0.1, 0.15) is 5.88 Å². The van der Waals surface area contributed by atoms with E-state index in [1.807, 2.05) is 0 Å². The van der Waals surface area contributed by atoms with Crippen molar-refractivity contribution in [2.45, 2.75) is 84.1 Å². The molecule has 0 unspecified atom stereocenters. The van der Waals surface area contributed by atoms with Crippen molar-refractivity contribution in [2.75, 3.05) is 0 Å². The van der Waals surface area contributed by atoms with Gasteiger partial charge in [-0.2, -0.15) is 9.37 Å². The number of aliphatic hydroxyl groups is 1. The van der Waals surface area contributed by atoms with Gasteiger partial charge in [0, 0.05) is 50.2 Å². The SMILES string of the molecule is CC(C)(F)/C(N)=N/O.CC(C)(F)c1noc(CCl)n1.[B][B][B].[C-]#[N+]C(C)(C)F.[C-]#[N+]C(C)(C)O. The van der Waals surface area contributed by atoms with E-state index in [9.17, 15) is 13.2 Å². The third-order valence-corrected chi connectivity index (χ3v) is 2.60. The number of aromatic nitrogens is 2. The van der Waals surface area contributed by atoms with Crippen LogP contribution in [0.15, 0.2) is 9.68 Å². The van der Waals surface area contributed by atoms with Gasteiger partial charge in [0.2, 0.25) is 11.7 Å². The molecule has 0 aliphatic rings. The average Bonchev–Trinajstić information content (AvgIpc) is 3.17. The van der Waals surface area contributed by atoms with Crippen LogP contribution in [0.3, 0.4) is 0 Å². The molecule has 0 amide bonds. The summed E-state index contributed by atoms with van der Waals surface area (Å²) >= 11 is 5.37. The Morgan fingerprint density at radius 3 is 1.56 bits per heavy atom. The van der Waals surface area contributed by atoms with Crippen LogP contribution in [0.1, 0.15) is 67.1 Å². The summed E-state index contributed by atoms with van der Waals surface area (Å²) in [4.78, 5) is 9.15. The van der Waals surface area contributed by atoms with E-state index in [-0.39, 0.29) is 17.6 Å². The molecule has 34 heavy (non-hydrogen) atoms. The molecule has 9 nitrogen and oxygen atoms in total. The van der Waals surface area contributed by atoms with Crippen molar-refractivity contribution >= 4 is 40.0 Å². The highest BCUT2D eigenvalue weighted by Gasteiger charge is 2.25. The summed E-state index contributed by atoms with van der Waals surface area (Å²) in [6, 6.07) is 0. The summed E-state index contributed by atoms with van der Waals surface area (Å²) in [7, 11) is 10.0. The quantitative estimate of drug-likeness (QED) is 0.0846. The van der Waals surface area contributed by atoms with Gasteiger partial charge in [-0.1, -0.05) is 10.3 Å². The molecule has 0 aliphatic carbocycles. The summed E-state index contributed by atoms with van der Waals surface area (Å²) in [6.07, 6.45) is 0. The number of hydrogen-bond donors (Lipinski definition) is 3. The van der Waals surface area contributed by atoms with Gasteiger partial charge >= 0.3 is 11.5 Å². The number of alkyl halides is 4. The smallest absolute Gasteiger partial charge is 0.365 e. The van der Waals surface area contributed by atoms with Crippen molar-refractivity contribution < 1.29 is 28.0 Å². The van der Waals surface area contributed by atoms with E-state index < -0.39 is 28.7 Å². The minimum Gasteiger partial charge on any atom is -0.409 e. The van der Waals surface area contributed by atoms with Gasteiger partial charge in [0.05, 0.1) is 0 Å². The normalized spacial score (nSPS) is 11.2. The van der Waals surface area contributed by atoms with E-state index >= 15 is 0 Å². The van der Waals surface area contributed by atoms with Gasteiger partial charge in [-0.15, -0.1) is 11.6 Å². The molecule has 0 aromatic carbocycles. The maximum atomic E-state index is 13.0. The highest BCUT2D eigenvalue weighted by atomic mass is 35.5. The lowest BCUT2D eigenvalue weighted by atomic mass is 9.40. The van der Waals surface area contributed by atoms with Crippen molar-refractivity contribution in [3.8, 4) is 0 Å². The highest BCUT2D eigenvalue weighted by Crippen LogP contribution is 2.21. The molecule has 1 aromatic heterocycles. The molecule has 1 rings (SSSR count). The molecule has 1 heterocycles. The predicted octanol–water partition coefficient (Wildman–Crippen LogP) is 3.60. The van der Waals surface area contributed by atoms with E-state index in [1.165, 1.54) is 55.4 Å². The van der Waals surface area contributed by atoms with Gasteiger partial charge in [-0.05, 0) is 27.7 Å². The van der Waals surface area contributed by atoms with E-state index in [0.29, 0.717) is 0 Å². The Balaban J connectivity index is -0.000000175. The van der Waals surface area contributed by atoms with Crippen molar-refractivity contribution in [3.63, 3.8) is 0 Å². The van der Waals surface area contributed by atoms with Crippen molar-refractivity contribution in [1.29, 1.82) is 0 Å². The predicted molar refractivity (Wildman–Crippen MR) is 129 cm³/mol. The molecule has 0 fully saturated rings. The number of hydrogen-bond acceptors (Lipinski definition) is 6. The van der Waals surface area contributed by atoms with E-state index in [1.54, 1.807) is 0 Å². The maximum absolute atomic E-state index is 13.0. The first kappa shape index (κ1) is 38.9. The lowest BCUT2D eigenvalue weighted by Crippen LogP contribution is -2.33. The van der Waals surface area contributed by atoms with Gasteiger partial charge in [-0.25, -0.2) is 21.9 Å². The minimum atomic E-state index is -1.71. The van der Waals surface area contributed by atoms with Crippen LogP contribution in [-0.2, 0) is 11.5 Å². The molecule has 4 N–H and O–H groups in total. The van der Waals surface area contributed by atoms with Crippen LogP contribution in [0.25, 0.3) is 9.69 Å². The molecule has 0 spiro atoms. The molecular formula is C18H30B3ClF3N6O3. The Kier molecular flexibility index (Phi) is 20.6. The van der Waals surface area contributed by atoms with Crippen LogP contribution in [0, 0.1) is 13.1 Å². The second kappa shape index (κ2) is 18.0. The number of amidine groups is 1. The number of rotatable bonds is 3. The molecule has 5 radical (unpaired) electrons. The van der Waals surface area contributed by atoms with Crippen LogP contribution in [0.2, 0.25) is 0 Å². The van der Waals surface area contributed by atoms with E-state index in [2.05, 4.69) is 45.0 Å². The summed E-state index contributed by atoms with van der Waals surface area (Å²) in [6.45, 7) is 22.8. The van der Waals surface area contributed by atoms with Gasteiger partial charge in [-0.3, -0.25) is 9.69 Å². The first-order valence-corrected chi connectivity index (χ1v) is 9.78. The molecule has 187 valence electrons. The minimum absolute atomic E-state index is 0.0353. The first-order chi connectivity index (χ1) is 15.1. The van der Waals surface area contributed by atoms with Crippen LogP contribution in [0.4, 0.5) is 13.2 Å². The molecule has 0 atom stereocenters. The molecule has 0 bridgehead atoms. The molecule has 0 aliphatic heterocycles. The zero-order chi connectivity index (χ0) is 28.4. The fraction of sp³-hybridized carbons (Fsp3) is 0.722. The van der Waals surface area contributed by atoms with Gasteiger partial charge in [0.25, 0.3) is 0 Å². The molecule has 1 aromatic rings. The van der Waals surface area contributed by atoms with Crippen molar-refractivity contribution in [1.82, 2.24) is 10.1 Å². The van der Waals surface area contributed by atoms with Crippen LogP contribution in [0.5, 0.6) is 0 Å². The summed E-state index contributed by atoms with van der Waals surface area (Å²) < 4.78 is 41.8. The fourth-order valence-electron chi connectivity index (χ4n) is 0.670. The van der Waals surface area contributed by atoms with Crippen LogP contribution >= 0.6 is 11.6 Å². The number of halogens is 4. The monoisotopic (exact) mass is 503 g/mol. The van der Waals surface area contributed by atoms with Crippen LogP contribution in [-0.4, -0.2) is 66.0 Å². The number of nitrogens with zero attached hydrogens (tertiary/aromatic N) is 5. The second-order valence-corrected chi connectivity index (χ2v) is 8.16. The molecule has 0 saturated carbocycles. The Morgan fingerprint density at radius 2 is 1.47 bits per heavy atom. The Morgan fingerprint density at radius 1 is 1.12 bits per heavy atom. The second-order valence-electron chi connectivity index (χ2n) is 7.90. The van der Waals surface area contributed by atoms with E-state index in [0.717, 1.165) is 7.06 Å². The standard InChI is InChI=1S/C6H8ClFN2O.C4H9FN2O.C4H6FN.C4H7NO.B3/c1-6(2,8)5-9-4(3-7)11-10-5;1-4(2,5)3(6)7-8;1-4(2,5)6-3;1-4(2,6)5-3;1-3-2/h3H2,1-2H3;8H,1-2H3,(H2,6,7);1-2H3;6H,1-2H3;. The van der Waals surface area contributed by atoms with Crippen molar-refractivity contribution in [2.24, 2.45) is 10.9 Å². The average molecular weight is 503 g/mol. The Hall–Kier alpha value is -2.38. The summed E-state index contributed by atoms with van der Waals surface area (Å²) in [5.41, 5.74) is 0.433. The zero-order valence-corrected chi connectivity index (χ0v) is 21.3. The molecule has 0 saturated heterocycles. The fourth-order valence-corrected chi connectivity index (χ4v) is 0.778. The van der Waals surface area contributed by atoms with E-state index in [4.69, 9.17) is 40.8 Å². The lowest BCUT2D eigenvalue weighted by molar-refractivity contribution is 0.130. The summed E-state index contributed by atoms with van der Waals surface area (Å²) in [5.74, 6) is -1.68. The van der Waals surface area contributed by atoms with Crippen LogP contribution < -0.4 is 5.73 Å². The number of nitrogens with two attached hydrogens (primary N) is 1. The lowest BCUT2D eigenvalue weighted by Gasteiger charge is -2.09. The zero-order valence-electron chi connectivity index (χ0n) is 20.6. The molecule has 16 heteroatoms. The largest absolute Gasteiger partial charge is 0.409 e. The Labute approximate surface area is 208 Å². The Bertz CT molecular complexity index is 752. The highest BCUT2D eigenvalue weighted by molar-refractivity contribution is 7.17.